The van der Waals surface area contributed by atoms with Crippen molar-refractivity contribution in [3.05, 3.63) is 96.1 Å². The number of hydrogen-bond donors (Lipinski definition) is 2. The highest BCUT2D eigenvalue weighted by Gasteiger charge is 2.31. The van der Waals surface area contributed by atoms with Crippen molar-refractivity contribution >= 4 is 18.0 Å². The number of esters is 1. The largest absolute Gasteiger partial charge is 0.480 e. The van der Waals surface area contributed by atoms with Crippen LogP contribution in [0.2, 0.25) is 0 Å². The molecule has 0 saturated carbocycles. The van der Waals surface area contributed by atoms with Gasteiger partial charge >= 0.3 is 18.0 Å². The molecule has 0 aromatic heterocycles. The van der Waals surface area contributed by atoms with Gasteiger partial charge in [-0.05, 0) is 55.4 Å². The van der Waals surface area contributed by atoms with Gasteiger partial charge in [0.25, 0.3) is 0 Å². The zero-order chi connectivity index (χ0) is 30.0. The van der Waals surface area contributed by atoms with Gasteiger partial charge in [0.15, 0.2) is 0 Å². The number of rotatable bonds is 12. The highest BCUT2D eigenvalue weighted by Crippen LogP contribution is 2.21. The molecule has 0 aliphatic carbocycles. The van der Waals surface area contributed by atoms with Gasteiger partial charge in [-0.3, -0.25) is 4.79 Å². The Labute approximate surface area is 243 Å². The lowest BCUT2D eigenvalue weighted by atomic mass is 9.98. The molecule has 41 heavy (non-hydrogen) atoms. The average Bonchev–Trinajstić information content (AvgIpc) is 2.92. The molecule has 0 radical (unpaired) electrons. The minimum Gasteiger partial charge on any atom is -0.480 e. The maximum absolute atomic E-state index is 13.5. The third kappa shape index (κ3) is 10.4. The van der Waals surface area contributed by atoms with Crippen LogP contribution < -0.4 is 5.32 Å². The van der Waals surface area contributed by atoms with Crippen molar-refractivity contribution in [3.63, 3.8) is 0 Å². The monoisotopic (exact) mass is 558 g/mol. The number of benzene rings is 3. The van der Waals surface area contributed by atoms with Gasteiger partial charge in [0.1, 0.15) is 11.6 Å². The van der Waals surface area contributed by atoms with Crippen LogP contribution in [0.1, 0.15) is 45.7 Å². The molecule has 0 spiro atoms. The normalized spacial score (nSPS) is 12.8. The first-order valence-electron chi connectivity index (χ1n) is 14.1. The Bertz CT molecular complexity index is 1270. The molecule has 218 valence electrons. The Kier molecular flexibility index (Phi) is 11.1. The van der Waals surface area contributed by atoms with E-state index in [1.807, 2.05) is 120 Å². The third-order valence-electron chi connectivity index (χ3n) is 6.48. The highest BCUT2D eigenvalue weighted by molar-refractivity contribution is 5.83. The Balaban J connectivity index is 1.76. The molecule has 0 fully saturated rings. The summed E-state index contributed by atoms with van der Waals surface area (Å²) >= 11 is 0. The summed E-state index contributed by atoms with van der Waals surface area (Å²) in [5, 5.41) is 12.7. The molecular weight excluding hydrogens is 516 g/mol. The van der Waals surface area contributed by atoms with Crippen LogP contribution in [0.25, 0.3) is 11.1 Å². The minimum absolute atomic E-state index is 0.102. The summed E-state index contributed by atoms with van der Waals surface area (Å²) in [5.74, 6) is -2.03. The molecule has 7 nitrogen and oxygen atoms in total. The predicted octanol–water partition coefficient (Wildman–Crippen LogP) is 6.22. The number of hydrogen-bond acceptors (Lipinski definition) is 4. The summed E-state index contributed by atoms with van der Waals surface area (Å²) in [6, 6.07) is 25.5. The predicted molar refractivity (Wildman–Crippen MR) is 161 cm³/mol. The summed E-state index contributed by atoms with van der Waals surface area (Å²) in [7, 11) is 0. The molecule has 3 aromatic carbocycles. The number of carboxylic acid groups (broad SMARTS) is 1. The first-order chi connectivity index (χ1) is 19.4. The number of ether oxygens (including phenoxy) is 1. The quantitative estimate of drug-likeness (QED) is 0.258. The number of carbonyl (C=O) groups excluding carboxylic acids is 2. The van der Waals surface area contributed by atoms with Crippen molar-refractivity contribution in [2.24, 2.45) is 11.8 Å². The van der Waals surface area contributed by atoms with Gasteiger partial charge < -0.3 is 20.1 Å². The number of amides is 2. The lowest BCUT2D eigenvalue weighted by Crippen LogP contribution is -2.52. The van der Waals surface area contributed by atoms with Crippen LogP contribution in [0.4, 0.5) is 4.79 Å². The lowest BCUT2D eigenvalue weighted by Gasteiger charge is -2.31. The van der Waals surface area contributed by atoms with E-state index in [4.69, 9.17) is 4.74 Å². The van der Waals surface area contributed by atoms with Crippen LogP contribution in [-0.2, 0) is 27.2 Å². The van der Waals surface area contributed by atoms with Gasteiger partial charge in [0, 0.05) is 19.5 Å². The second-order valence-corrected chi connectivity index (χ2v) is 11.8. The summed E-state index contributed by atoms with van der Waals surface area (Å²) in [4.78, 5) is 40.5. The van der Waals surface area contributed by atoms with Crippen LogP contribution in [0.5, 0.6) is 0 Å². The van der Waals surface area contributed by atoms with E-state index in [0.29, 0.717) is 13.0 Å². The summed E-state index contributed by atoms with van der Waals surface area (Å²) in [6.45, 7) is 9.85. The molecule has 3 aromatic rings. The summed E-state index contributed by atoms with van der Waals surface area (Å²) in [5.41, 5.74) is 3.17. The molecule has 0 aliphatic rings. The van der Waals surface area contributed by atoms with E-state index in [2.05, 4.69) is 5.32 Å². The second kappa shape index (κ2) is 14.5. The standard InChI is InChI=1S/C34H42N2O5/c1-24(2)22-36(23-29(32(39)41-34(3,4)5)20-25-12-8-6-9-13-25)33(40)35-30(31(37)38)21-26-16-18-28(19-17-26)27-14-10-7-11-15-27/h6-19,24,29-30H,20-23H2,1-5H3,(H,35,40)(H,37,38)/t29?,30-/m0/s1. The molecule has 1 unspecified atom stereocenters. The zero-order valence-electron chi connectivity index (χ0n) is 24.7. The van der Waals surface area contributed by atoms with E-state index in [-0.39, 0.29) is 18.9 Å². The number of aliphatic carboxylic acids is 1. The number of carbonyl (C=O) groups is 3. The van der Waals surface area contributed by atoms with Crippen molar-refractivity contribution in [2.45, 2.75) is 59.1 Å². The van der Waals surface area contributed by atoms with E-state index in [1.54, 1.807) is 0 Å². The van der Waals surface area contributed by atoms with Gasteiger partial charge in [0.2, 0.25) is 0 Å². The maximum Gasteiger partial charge on any atom is 0.326 e. The molecule has 0 bridgehead atoms. The van der Waals surface area contributed by atoms with Crippen LogP contribution >= 0.6 is 0 Å². The van der Waals surface area contributed by atoms with Crippen molar-refractivity contribution in [1.29, 1.82) is 0 Å². The van der Waals surface area contributed by atoms with E-state index >= 15 is 0 Å². The van der Waals surface area contributed by atoms with Gasteiger partial charge in [0.05, 0.1) is 5.92 Å². The highest BCUT2D eigenvalue weighted by atomic mass is 16.6. The topological polar surface area (TPSA) is 95.9 Å². The minimum atomic E-state index is -1.13. The molecule has 7 heteroatoms. The molecule has 0 heterocycles. The summed E-state index contributed by atoms with van der Waals surface area (Å²) < 4.78 is 5.71. The number of nitrogens with one attached hydrogen (secondary N) is 1. The van der Waals surface area contributed by atoms with Crippen molar-refractivity contribution in [1.82, 2.24) is 10.2 Å². The van der Waals surface area contributed by atoms with E-state index in [1.165, 1.54) is 4.90 Å². The molecule has 2 N–H and O–H groups in total. The zero-order valence-corrected chi connectivity index (χ0v) is 24.7. The van der Waals surface area contributed by atoms with Crippen LogP contribution in [-0.4, -0.2) is 52.7 Å². The number of carboxylic acids is 1. The summed E-state index contributed by atoms with van der Waals surface area (Å²) in [6.07, 6.45) is 0.527. The Morgan fingerprint density at radius 1 is 0.780 bits per heavy atom. The smallest absolute Gasteiger partial charge is 0.326 e. The average molecular weight is 559 g/mol. The third-order valence-corrected chi connectivity index (χ3v) is 6.48. The molecule has 2 atom stereocenters. The van der Waals surface area contributed by atoms with Gasteiger partial charge in [-0.1, -0.05) is 98.8 Å². The van der Waals surface area contributed by atoms with E-state index in [0.717, 1.165) is 22.3 Å². The first kappa shape index (κ1) is 31.4. The Morgan fingerprint density at radius 3 is 1.85 bits per heavy atom. The lowest BCUT2D eigenvalue weighted by molar-refractivity contribution is -0.160. The van der Waals surface area contributed by atoms with Crippen molar-refractivity contribution in [3.8, 4) is 11.1 Å². The van der Waals surface area contributed by atoms with Crippen LogP contribution in [0.15, 0.2) is 84.9 Å². The second-order valence-electron chi connectivity index (χ2n) is 11.8. The van der Waals surface area contributed by atoms with Crippen LogP contribution in [0.3, 0.4) is 0 Å². The van der Waals surface area contributed by atoms with E-state index in [9.17, 15) is 19.5 Å². The Morgan fingerprint density at radius 2 is 1.32 bits per heavy atom. The number of nitrogens with zero attached hydrogens (tertiary/aromatic N) is 1. The van der Waals surface area contributed by atoms with Gasteiger partial charge in [-0.15, -0.1) is 0 Å². The molecule has 2 amide bonds. The fraction of sp³-hybridized carbons (Fsp3) is 0.382. The molecule has 0 aliphatic heterocycles. The van der Waals surface area contributed by atoms with Gasteiger partial charge in [-0.25, -0.2) is 9.59 Å². The fourth-order valence-corrected chi connectivity index (χ4v) is 4.59. The van der Waals surface area contributed by atoms with Crippen LogP contribution in [0, 0.1) is 11.8 Å². The van der Waals surface area contributed by atoms with Crippen molar-refractivity contribution in [2.75, 3.05) is 13.1 Å². The first-order valence-corrected chi connectivity index (χ1v) is 14.1. The molecular formula is C34H42N2O5. The number of urea groups is 1. The van der Waals surface area contributed by atoms with Crippen molar-refractivity contribution < 1.29 is 24.2 Å². The fourth-order valence-electron chi connectivity index (χ4n) is 4.59. The maximum atomic E-state index is 13.5. The molecule has 3 rings (SSSR count). The Hall–Kier alpha value is -4.13. The molecule has 0 saturated heterocycles. The SMILES string of the molecule is CC(C)CN(CC(Cc1ccccc1)C(=O)OC(C)(C)C)C(=O)N[C@@H](Cc1ccc(-c2ccccc2)cc1)C(=O)O. The van der Waals surface area contributed by atoms with Gasteiger partial charge in [-0.2, -0.15) is 0 Å². The van der Waals surface area contributed by atoms with E-state index < -0.39 is 35.5 Å².